The summed E-state index contributed by atoms with van der Waals surface area (Å²) in [4.78, 5) is 40.0. The molecule has 36 heavy (non-hydrogen) atoms. The van der Waals surface area contributed by atoms with Gasteiger partial charge in [0.1, 0.15) is 5.69 Å². The lowest BCUT2D eigenvalue weighted by Crippen LogP contribution is -2.58. The van der Waals surface area contributed by atoms with Crippen LogP contribution in [0, 0.1) is 11.8 Å². The molecular formula is C29H35N5O2. The Morgan fingerprint density at radius 1 is 0.806 bits per heavy atom. The number of para-hydroxylation sites is 2. The Balaban J connectivity index is 1.26. The number of aromatic amines is 1. The number of piperidine rings is 2. The number of aromatic nitrogens is 4. The maximum atomic E-state index is 14.0. The summed E-state index contributed by atoms with van der Waals surface area (Å²) in [5.41, 5.74) is 2.05. The molecule has 0 amide bonds. The normalized spacial score (nSPS) is 32.4. The molecular weight excluding hydrogens is 450 g/mol. The molecule has 2 saturated heterocycles. The van der Waals surface area contributed by atoms with Gasteiger partial charge in [-0.25, -0.2) is 9.97 Å². The fraction of sp³-hybridized carbons (Fsp3) is 0.586. The molecule has 7 rings (SSSR count). The second kappa shape index (κ2) is 8.94. The highest BCUT2D eigenvalue weighted by atomic mass is 16.1. The van der Waals surface area contributed by atoms with Crippen molar-refractivity contribution in [1.82, 2.24) is 24.4 Å². The van der Waals surface area contributed by atoms with E-state index in [0.29, 0.717) is 23.5 Å². The van der Waals surface area contributed by atoms with Crippen LogP contribution in [0.2, 0.25) is 0 Å². The van der Waals surface area contributed by atoms with Crippen LogP contribution in [0.1, 0.15) is 76.7 Å². The van der Waals surface area contributed by atoms with Crippen molar-refractivity contribution in [2.75, 3.05) is 0 Å². The van der Waals surface area contributed by atoms with E-state index in [-0.39, 0.29) is 17.2 Å². The fourth-order valence-corrected chi connectivity index (χ4v) is 8.29. The van der Waals surface area contributed by atoms with Gasteiger partial charge in [-0.1, -0.05) is 37.8 Å². The van der Waals surface area contributed by atoms with Gasteiger partial charge < -0.3 is 9.55 Å². The summed E-state index contributed by atoms with van der Waals surface area (Å²) in [7, 11) is 0. The minimum atomic E-state index is -0.285. The Bertz CT molecular complexity index is 1350. The predicted octanol–water partition coefficient (Wildman–Crippen LogP) is 4.67. The van der Waals surface area contributed by atoms with Gasteiger partial charge in [0.05, 0.1) is 17.2 Å². The van der Waals surface area contributed by atoms with E-state index in [2.05, 4.69) is 14.9 Å². The molecule has 7 nitrogen and oxygen atoms in total. The molecule has 2 saturated carbocycles. The standard InChI is InChI=1S/C29H35N5O2/c35-27-17-30-25(16-31-27)28-29(36)34(26-10-2-1-9-24(26)32-28)23-14-20-7-4-8-21(15-23)33(20)22-12-18-5-3-6-19(11-18)13-22/h1-2,9-10,16-23H,3-8,11-15H2,(H,31,35)/t18-,19+,20-,21+,22?,23?. The van der Waals surface area contributed by atoms with Crippen molar-refractivity contribution in [3.63, 3.8) is 0 Å². The third kappa shape index (κ3) is 3.83. The minimum absolute atomic E-state index is 0.100. The molecule has 6 atom stereocenters. The van der Waals surface area contributed by atoms with Crippen molar-refractivity contribution in [1.29, 1.82) is 0 Å². The first-order valence-electron chi connectivity index (χ1n) is 14.0. The SMILES string of the molecule is O=c1cnc(-c2nc3ccccc3n(C3C[C@H]4CCC[C@@H](C3)N4C3C[C@H]4CCC[C@@H](C3)C4)c2=O)c[nH]1. The molecule has 1 N–H and O–H groups in total. The molecule has 2 aliphatic carbocycles. The summed E-state index contributed by atoms with van der Waals surface area (Å²) in [6, 6.07) is 9.95. The van der Waals surface area contributed by atoms with E-state index in [0.717, 1.165) is 41.8 Å². The Labute approximate surface area is 211 Å². The first kappa shape index (κ1) is 22.4. The molecule has 1 aromatic carbocycles. The highest BCUT2D eigenvalue weighted by Crippen LogP contribution is 2.47. The number of rotatable bonds is 3. The fourth-order valence-electron chi connectivity index (χ4n) is 8.29. The van der Waals surface area contributed by atoms with Crippen molar-refractivity contribution in [2.45, 2.75) is 94.8 Å². The van der Waals surface area contributed by atoms with E-state index < -0.39 is 0 Å². The first-order chi connectivity index (χ1) is 17.6. The lowest BCUT2D eigenvalue weighted by molar-refractivity contribution is -0.0485. The summed E-state index contributed by atoms with van der Waals surface area (Å²) in [5, 5.41) is 0. The smallest absolute Gasteiger partial charge is 0.279 e. The molecule has 7 heteroatoms. The first-order valence-corrected chi connectivity index (χ1v) is 14.0. The molecule has 4 aliphatic rings. The zero-order valence-electron chi connectivity index (χ0n) is 20.8. The maximum Gasteiger partial charge on any atom is 0.279 e. The molecule has 2 aliphatic heterocycles. The molecule has 4 heterocycles. The van der Waals surface area contributed by atoms with Crippen molar-refractivity contribution in [2.24, 2.45) is 11.8 Å². The van der Waals surface area contributed by atoms with E-state index in [1.54, 1.807) is 0 Å². The highest BCUT2D eigenvalue weighted by molar-refractivity contribution is 5.77. The summed E-state index contributed by atoms with van der Waals surface area (Å²) in [5.74, 6) is 1.86. The van der Waals surface area contributed by atoms with Gasteiger partial charge in [-0.2, -0.15) is 0 Å². The van der Waals surface area contributed by atoms with Gasteiger partial charge in [-0.05, 0) is 68.9 Å². The van der Waals surface area contributed by atoms with Gasteiger partial charge >= 0.3 is 0 Å². The number of benzene rings is 1. The van der Waals surface area contributed by atoms with Crippen LogP contribution in [0.4, 0.5) is 0 Å². The van der Waals surface area contributed by atoms with Crippen LogP contribution >= 0.6 is 0 Å². The van der Waals surface area contributed by atoms with Crippen LogP contribution in [-0.4, -0.2) is 42.5 Å². The molecule has 0 spiro atoms. The Morgan fingerprint density at radius 3 is 2.25 bits per heavy atom. The Kier molecular flexibility index (Phi) is 5.57. The quantitative estimate of drug-likeness (QED) is 0.583. The second-order valence-corrected chi connectivity index (χ2v) is 11.8. The topological polar surface area (TPSA) is 83.9 Å². The summed E-state index contributed by atoms with van der Waals surface area (Å²) in [6.07, 6.45) is 17.1. The third-order valence-electron chi connectivity index (χ3n) is 9.60. The highest BCUT2D eigenvalue weighted by Gasteiger charge is 2.45. The lowest BCUT2D eigenvalue weighted by atomic mass is 9.68. The number of nitrogens with one attached hydrogen (secondary N) is 1. The van der Waals surface area contributed by atoms with Gasteiger partial charge in [0.2, 0.25) is 0 Å². The zero-order chi connectivity index (χ0) is 24.2. The Morgan fingerprint density at radius 2 is 1.53 bits per heavy atom. The third-order valence-corrected chi connectivity index (χ3v) is 9.60. The van der Waals surface area contributed by atoms with Crippen LogP contribution in [-0.2, 0) is 0 Å². The minimum Gasteiger partial charge on any atom is -0.326 e. The summed E-state index contributed by atoms with van der Waals surface area (Å²) in [6.45, 7) is 0. The maximum absolute atomic E-state index is 14.0. The van der Waals surface area contributed by atoms with Crippen molar-refractivity contribution >= 4 is 11.0 Å². The molecule has 3 aromatic rings. The average molecular weight is 486 g/mol. The van der Waals surface area contributed by atoms with Gasteiger partial charge in [0.15, 0.2) is 5.69 Å². The van der Waals surface area contributed by atoms with Crippen LogP contribution in [0.25, 0.3) is 22.4 Å². The van der Waals surface area contributed by atoms with E-state index in [1.165, 1.54) is 70.2 Å². The second-order valence-electron chi connectivity index (χ2n) is 11.8. The monoisotopic (exact) mass is 485 g/mol. The Hall–Kier alpha value is -2.80. The molecule has 4 bridgehead atoms. The van der Waals surface area contributed by atoms with Crippen molar-refractivity contribution < 1.29 is 0 Å². The van der Waals surface area contributed by atoms with Crippen molar-refractivity contribution in [3.05, 3.63) is 57.4 Å². The average Bonchev–Trinajstić information content (AvgIpc) is 2.88. The van der Waals surface area contributed by atoms with Crippen molar-refractivity contribution in [3.8, 4) is 11.4 Å². The van der Waals surface area contributed by atoms with Crippen LogP contribution < -0.4 is 11.1 Å². The van der Waals surface area contributed by atoms with E-state index in [1.807, 2.05) is 28.8 Å². The van der Waals surface area contributed by atoms with E-state index in [9.17, 15) is 9.59 Å². The number of H-pyrrole nitrogens is 1. The number of hydrogen-bond acceptors (Lipinski definition) is 5. The van der Waals surface area contributed by atoms with Gasteiger partial charge in [0.25, 0.3) is 11.1 Å². The number of fused-ring (bicyclic) bond motifs is 5. The van der Waals surface area contributed by atoms with Gasteiger partial charge in [-0.15, -0.1) is 0 Å². The molecule has 4 fully saturated rings. The van der Waals surface area contributed by atoms with Gasteiger partial charge in [-0.3, -0.25) is 14.5 Å². The summed E-state index contributed by atoms with van der Waals surface area (Å²) >= 11 is 0. The molecule has 2 aromatic heterocycles. The van der Waals surface area contributed by atoms with Crippen LogP contribution in [0.15, 0.2) is 46.2 Å². The van der Waals surface area contributed by atoms with Gasteiger partial charge in [0, 0.05) is 30.4 Å². The van der Waals surface area contributed by atoms with E-state index in [4.69, 9.17) is 4.98 Å². The largest absolute Gasteiger partial charge is 0.326 e. The van der Waals surface area contributed by atoms with Crippen LogP contribution in [0.3, 0.4) is 0 Å². The molecule has 2 unspecified atom stereocenters. The predicted molar refractivity (Wildman–Crippen MR) is 140 cm³/mol. The number of hydrogen-bond donors (Lipinski definition) is 1. The van der Waals surface area contributed by atoms with E-state index >= 15 is 0 Å². The van der Waals surface area contributed by atoms with Crippen LogP contribution in [0.5, 0.6) is 0 Å². The summed E-state index contributed by atoms with van der Waals surface area (Å²) < 4.78 is 2.02. The zero-order valence-corrected chi connectivity index (χ0v) is 20.8. The molecule has 188 valence electrons. The number of nitrogens with zero attached hydrogens (tertiary/aromatic N) is 4. The molecule has 0 radical (unpaired) electrons. The lowest BCUT2D eigenvalue weighted by Gasteiger charge is -2.55.